The summed E-state index contributed by atoms with van der Waals surface area (Å²) < 4.78 is 1.86. The first kappa shape index (κ1) is 22.3. The molecule has 0 fully saturated rings. The van der Waals surface area contributed by atoms with Crippen LogP contribution in [0.3, 0.4) is 0 Å². The molecule has 2 amide bonds. The number of hydrogen-bond acceptors (Lipinski definition) is 3. The van der Waals surface area contributed by atoms with E-state index in [1.54, 1.807) is 13.2 Å². The van der Waals surface area contributed by atoms with Crippen molar-refractivity contribution >= 4 is 17.5 Å². The summed E-state index contributed by atoms with van der Waals surface area (Å²) in [7, 11) is 1.64. The molecule has 0 spiro atoms. The molecule has 0 bridgehead atoms. The summed E-state index contributed by atoms with van der Waals surface area (Å²) in [5, 5.41) is 7.39. The average Bonchev–Trinajstić information content (AvgIpc) is 3.13. The van der Waals surface area contributed by atoms with Gasteiger partial charge in [0.1, 0.15) is 0 Å². The van der Waals surface area contributed by atoms with Gasteiger partial charge < -0.3 is 10.2 Å². The van der Waals surface area contributed by atoms with Crippen molar-refractivity contribution in [2.75, 3.05) is 18.9 Å². The monoisotopic (exact) mass is 418 g/mol. The highest BCUT2D eigenvalue weighted by Gasteiger charge is 2.21. The molecule has 0 aliphatic carbocycles. The Hall–Kier alpha value is -3.41. The minimum absolute atomic E-state index is 0.0292. The molecule has 0 aliphatic heterocycles. The summed E-state index contributed by atoms with van der Waals surface area (Å²) in [5.41, 5.74) is 6.51. The Morgan fingerprint density at radius 3 is 2.32 bits per heavy atom. The van der Waals surface area contributed by atoms with Gasteiger partial charge in [0.15, 0.2) is 0 Å². The van der Waals surface area contributed by atoms with Crippen molar-refractivity contribution in [1.29, 1.82) is 0 Å². The fourth-order valence-corrected chi connectivity index (χ4v) is 3.90. The zero-order valence-electron chi connectivity index (χ0n) is 18.9. The third kappa shape index (κ3) is 5.20. The van der Waals surface area contributed by atoms with Crippen molar-refractivity contribution in [2.45, 2.75) is 40.7 Å². The van der Waals surface area contributed by atoms with Crippen LogP contribution < -0.4 is 5.32 Å². The molecule has 1 N–H and O–H groups in total. The normalized spacial score (nSPS) is 10.7. The first-order valence-corrected chi connectivity index (χ1v) is 10.5. The number of carbonyl (C=O) groups excluding carboxylic acids is 2. The van der Waals surface area contributed by atoms with E-state index in [0.29, 0.717) is 18.5 Å². The molecular weight excluding hydrogens is 388 g/mol. The number of carbonyl (C=O) groups is 2. The van der Waals surface area contributed by atoms with Gasteiger partial charge in [0.05, 0.1) is 30.5 Å². The first-order chi connectivity index (χ1) is 14.8. The molecule has 6 nitrogen and oxygen atoms in total. The predicted octanol–water partition coefficient (Wildman–Crippen LogP) is 4.13. The molecular formula is C25H30N4O2. The van der Waals surface area contributed by atoms with Gasteiger partial charge in [0.2, 0.25) is 5.91 Å². The molecule has 0 saturated heterocycles. The van der Waals surface area contributed by atoms with Gasteiger partial charge in [-0.2, -0.15) is 5.10 Å². The number of nitrogens with zero attached hydrogens (tertiary/aromatic N) is 3. The quantitative estimate of drug-likeness (QED) is 0.627. The number of benzene rings is 2. The predicted molar refractivity (Wildman–Crippen MR) is 123 cm³/mol. The number of likely N-dealkylation sites (N-methyl/N-ethyl adjacent to an activating group) is 1. The third-order valence-corrected chi connectivity index (χ3v) is 5.36. The lowest BCUT2D eigenvalue weighted by Crippen LogP contribution is -2.35. The molecule has 1 aromatic heterocycles. The van der Waals surface area contributed by atoms with Crippen molar-refractivity contribution in [3.8, 4) is 0 Å². The first-order valence-electron chi connectivity index (χ1n) is 10.5. The maximum absolute atomic E-state index is 13.0. The van der Waals surface area contributed by atoms with Crippen LogP contribution in [0, 0.1) is 20.8 Å². The molecule has 0 aliphatic rings. The Kier molecular flexibility index (Phi) is 6.90. The van der Waals surface area contributed by atoms with E-state index in [2.05, 4.69) is 10.4 Å². The van der Waals surface area contributed by atoms with Gasteiger partial charge >= 0.3 is 0 Å². The minimum atomic E-state index is -0.222. The summed E-state index contributed by atoms with van der Waals surface area (Å²) in [5.74, 6) is -0.427. The molecule has 162 valence electrons. The van der Waals surface area contributed by atoms with Crippen LogP contribution in [0.1, 0.15) is 45.2 Å². The van der Waals surface area contributed by atoms with Crippen LogP contribution >= 0.6 is 0 Å². The maximum Gasteiger partial charge on any atom is 0.257 e. The summed E-state index contributed by atoms with van der Waals surface area (Å²) in [6.45, 7) is 8.55. The minimum Gasteiger partial charge on any atom is -0.332 e. The Bertz CT molecular complexity index is 1060. The number of hydrogen-bond donors (Lipinski definition) is 1. The van der Waals surface area contributed by atoms with E-state index < -0.39 is 0 Å². The molecule has 0 unspecified atom stereocenters. The SMILES string of the molecule is CCc1c(C(=O)N(C)CC(=O)Nc2c(C)cc(C)cc2C)cnn1Cc1ccccc1. The molecule has 2 aromatic carbocycles. The van der Waals surface area contributed by atoms with Crippen LogP contribution in [0.15, 0.2) is 48.7 Å². The van der Waals surface area contributed by atoms with E-state index in [0.717, 1.165) is 33.6 Å². The second kappa shape index (κ2) is 9.60. The van der Waals surface area contributed by atoms with E-state index in [-0.39, 0.29) is 18.4 Å². The third-order valence-electron chi connectivity index (χ3n) is 5.36. The lowest BCUT2D eigenvalue weighted by atomic mass is 10.1. The number of anilines is 1. The molecule has 1 heterocycles. The van der Waals surface area contributed by atoms with E-state index in [1.165, 1.54) is 4.90 Å². The van der Waals surface area contributed by atoms with E-state index in [4.69, 9.17) is 0 Å². The summed E-state index contributed by atoms with van der Waals surface area (Å²) in [6, 6.07) is 14.1. The lowest BCUT2D eigenvalue weighted by Gasteiger charge is -2.19. The molecule has 0 radical (unpaired) electrons. The fraction of sp³-hybridized carbons (Fsp3) is 0.320. The Balaban J connectivity index is 1.71. The smallest absolute Gasteiger partial charge is 0.257 e. The number of aromatic nitrogens is 2. The summed E-state index contributed by atoms with van der Waals surface area (Å²) >= 11 is 0. The van der Waals surface area contributed by atoms with Crippen LogP contribution in [0.5, 0.6) is 0 Å². The largest absolute Gasteiger partial charge is 0.332 e. The van der Waals surface area contributed by atoms with Crippen LogP contribution in [-0.4, -0.2) is 40.1 Å². The zero-order valence-corrected chi connectivity index (χ0v) is 18.9. The van der Waals surface area contributed by atoms with Crippen molar-refractivity contribution in [2.24, 2.45) is 0 Å². The van der Waals surface area contributed by atoms with Gasteiger partial charge in [-0.3, -0.25) is 14.3 Å². The second-order valence-corrected chi connectivity index (χ2v) is 7.98. The second-order valence-electron chi connectivity index (χ2n) is 7.98. The summed E-state index contributed by atoms with van der Waals surface area (Å²) in [4.78, 5) is 27.1. The molecule has 6 heteroatoms. The van der Waals surface area contributed by atoms with Crippen LogP contribution in [-0.2, 0) is 17.8 Å². The number of nitrogens with one attached hydrogen (secondary N) is 1. The highest BCUT2D eigenvalue weighted by molar-refractivity contribution is 6.00. The maximum atomic E-state index is 13.0. The molecule has 3 aromatic rings. The topological polar surface area (TPSA) is 67.2 Å². The van der Waals surface area contributed by atoms with Crippen LogP contribution in [0.25, 0.3) is 0 Å². The van der Waals surface area contributed by atoms with E-state index in [1.807, 2.05) is 74.8 Å². The van der Waals surface area contributed by atoms with Gasteiger partial charge in [0, 0.05) is 12.7 Å². The number of amides is 2. The van der Waals surface area contributed by atoms with Gasteiger partial charge in [-0.15, -0.1) is 0 Å². The van der Waals surface area contributed by atoms with Crippen LogP contribution in [0.2, 0.25) is 0 Å². The Labute approximate surface area is 183 Å². The fourth-order valence-electron chi connectivity index (χ4n) is 3.90. The summed E-state index contributed by atoms with van der Waals surface area (Å²) in [6.07, 6.45) is 2.28. The zero-order chi connectivity index (χ0) is 22.5. The van der Waals surface area contributed by atoms with Crippen molar-refractivity contribution < 1.29 is 9.59 Å². The molecule has 0 saturated carbocycles. The number of rotatable bonds is 7. The van der Waals surface area contributed by atoms with Gasteiger partial charge in [-0.1, -0.05) is 55.0 Å². The number of aryl methyl sites for hydroxylation is 3. The van der Waals surface area contributed by atoms with Gasteiger partial charge in [-0.05, 0) is 43.9 Å². The molecule has 31 heavy (non-hydrogen) atoms. The highest BCUT2D eigenvalue weighted by Crippen LogP contribution is 2.22. The standard InChI is InChI=1S/C25H30N4O2/c1-6-22-21(14-26-29(22)15-20-10-8-7-9-11-20)25(31)28(5)16-23(30)27-24-18(3)12-17(2)13-19(24)4/h7-14H,6,15-16H2,1-5H3,(H,27,30). The van der Waals surface area contributed by atoms with Gasteiger partial charge in [-0.25, -0.2) is 0 Å². The highest BCUT2D eigenvalue weighted by atomic mass is 16.2. The lowest BCUT2D eigenvalue weighted by molar-refractivity contribution is -0.116. The van der Waals surface area contributed by atoms with Crippen molar-refractivity contribution in [3.63, 3.8) is 0 Å². The Morgan fingerprint density at radius 2 is 1.71 bits per heavy atom. The molecule has 3 rings (SSSR count). The average molecular weight is 419 g/mol. The van der Waals surface area contributed by atoms with Crippen LogP contribution in [0.4, 0.5) is 5.69 Å². The van der Waals surface area contributed by atoms with Crippen molar-refractivity contribution in [3.05, 3.63) is 82.2 Å². The van der Waals surface area contributed by atoms with E-state index in [9.17, 15) is 9.59 Å². The Morgan fingerprint density at radius 1 is 1.06 bits per heavy atom. The van der Waals surface area contributed by atoms with Crippen molar-refractivity contribution in [1.82, 2.24) is 14.7 Å². The molecule has 0 atom stereocenters. The van der Waals surface area contributed by atoms with Gasteiger partial charge in [0.25, 0.3) is 5.91 Å². The van der Waals surface area contributed by atoms with E-state index >= 15 is 0 Å².